The minimum atomic E-state index is -1.09. The van der Waals surface area contributed by atoms with Crippen molar-refractivity contribution in [1.29, 1.82) is 0 Å². The fraction of sp³-hybridized carbons (Fsp3) is 0.462. The summed E-state index contributed by atoms with van der Waals surface area (Å²) in [7, 11) is 0. The molecule has 1 aromatic carbocycles. The smallest absolute Gasteiger partial charge is 0.0606 e. The van der Waals surface area contributed by atoms with Gasteiger partial charge < -0.3 is 25.0 Å². The van der Waals surface area contributed by atoms with Crippen LogP contribution in [-0.2, 0) is 4.79 Å². The number of carbonyl (C=O) groups excluding carboxylic acids is 1. The van der Waals surface area contributed by atoms with Crippen molar-refractivity contribution in [2.24, 2.45) is 0 Å². The molecule has 0 saturated heterocycles. The number of hydrogen-bond acceptors (Lipinski definition) is 6. The van der Waals surface area contributed by atoms with Crippen molar-refractivity contribution in [3.63, 3.8) is 0 Å². The summed E-state index contributed by atoms with van der Waals surface area (Å²) in [6.45, 7) is 2.50. The van der Waals surface area contributed by atoms with Crippen LogP contribution in [0.5, 0.6) is 0 Å². The molecule has 2 N–H and O–H groups in total. The summed E-state index contributed by atoms with van der Waals surface area (Å²) in [5, 5.41) is 28.0. The van der Waals surface area contributed by atoms with Gasteiger partial charge in [-0.2, -0.15) is 0 Å². The number of thioether (sulfide) groups is 1. The predicted molar refractivity (Wildman–Crippen MR) is 73.2 cm³/mol. The molecule has 0 spiro atoms. The van der Waals surface area contributed by atoms with Gasteiger partial charge in [-0.1, -0.05) is 0 Å². The quantitative estimate of drug-likeness (QED) is 0.638. The topological polar surface area (TPSA) is 83.8 Å². The number of hydrogen-bond donors (Lipinski definition) is 2. The first-order valence-corrected chi connectivity index (χ1v) is 6.90. The predicted octanol–water partition coefficient (Wildman–Crippen LogP) is -0.292. The molecule has 0 aromatic heterocycles. The molecule has 0 aliphatic heterocycles. The molecule has 19 heavy (non-hydrogen) atoms. The lowest BCUT2D eigenvalue weighted by Crippen LogP contribution is -2.31. The maximum Gasteiger partial charge on any atom is 0.0606 e. The molecule has 6 heteroatoms. The number of carboxylic acid groups (broad SMARTS) is 1. The Hall–Kier alpha value is -1.24. The second kappa shape index (κ2) is 8.04. The average Bonchev–Trinajstić information content (AvgIpc) is 2.39. The second-order valence-corrected chi connectivity index (χ2v) is 5.42. The summed E-state index contributed by atoms with van der Waals surface area (Å²) in [6.07, 6.45) is 0. The third kappa shape index (κ3) is 5.10. The van der Waals surface area contributed by atoms with E-state index in [1.54, 1.807) is 6.92 Å². The van der Waals surface area contributed by atoms with Gasteiger partial charge >= 0.3 is 0 Å². The van der Waals surface area contributed by atoms with Crippen LogP contribution in [-0.4, -0.2) is 47.7 Å². The van der Waals surface area contributed by atoms with E-state index in [0.29, 0.717) is 13.1 Å². The van der Waals surface area contributed by atoms with Gasteiger partial charge in [0, 0.05) is 28.9 Å². The second-order valence-electron chi connectivity index (χ2n) is 4.01. The Morgan fingerprint density at radius 3 is 2.21 bits per heavy atom. The maximum absolute atomic E-state index is 10.7. The lowest BCUT2D eigenvalue weighted by atomic mass is 10.3. The highest BCUT2D eigenvalue weighted by Gasteiger charge is 2.08. The highest BCUT2D eigenvalue weighted by atomic mass is 32.2. The number of aliphatic carboxylic acids is 1. The number of carbonyl (C=O) groups is 1. The van der Waals surface area contributed by atoms with Crippen LogP contribution in [0, 0.1) is 0 Å². The molecule has 1 aromatic rings. The Morgan fingerprint density at radius 1 is 1.26 bits per heavy atom. The van der Waals surface area contributed by atoms with Gasteiger partial charge in [0.15, 0.2) is 0 Å². The summed E-state index contributed by atoms with van der Waals surface area (Å²) in [4.78, 5) is 13.4. The number of aliphatic hydroxyl groups is 2. The lowest BCUT2D eigenvalue weighted by Gasteiger charge is -2.23. The van der Waals surface area contributed by atoms with Crippen LogP contribution in [0.3, 0.4) is 0 Å². The van der Waals surface area contributed by atoms with E-state index in [9.17, 15) is 9.90 Å². The molecule has 1 atom stereocenters. The summed E-state index contributed by atoms with van der Waals surface area (Å²) >= 11 is 1.22. The molecular weight excluding hydrogens is 266 g/mol. The number of benzene rings is 1. The zero-order valence-electron chi connectivity index (χ0n) is 10.8. The van der Waals surface area contributed by atoms with E-state index in [1.807, 2.05) is 29.2 Å². The molecule has 0 radical (unpaired) electrons. The van der Waals surface area contributed by atoms with Crippen LogP contribution >= 0.6 is 11.8 Å². The average molecular weight is 284 g/mol. The number of nitrogens with zero attached hydrogens (tertiary/aromatic N) is 1. The van der Waals surface area contributed by atoms with Crippen LogP contribution in [0.2, 0.25) is 0 Å². The summed E-state index contributed by atoms with van der Waals surface area (Å²) in [5.41, 5.74) is 0.883. The minimum absolute atomic E-state index is 0.0121. The van der Waals surface area contributed by atoms with Crippen LogP contribution in [0.15, 0.2) is 29.2 Å². The number of carboxylic acids is 1. The molecule has 0 bridgehead atoms. The summed E-state index contributed by atoms with van der Waals surface area (Å²) < 4.78 is 0. The van der Waals surface area contributed by atoms with Gasteiger partial charge in [0.2, 0.25) is 0 Å². The third-order valence-corrected chi connectivity index (χ3v) is 3.68. The zero-order chi connectivity index (χ0) is 14.3. The molecule has 5 nitrogen and oxygen atoms in total. The van der Waals surface area contributed by atoms with E-state index in [2.05, 4.69) is 0 Å². The summed E-state index contributed by atoms with van der Waals surface area (Å²) in [5.74, 6) is -1.09. The van der Waals surface area contributed by atoms with Crippen molar-refractivity contribution < 1.29 is 20.1 Å². The first-order chi connectivity index (χ1) is 9.08. The Bertz CT molecular complexity index is 390. The fourth-order valence-electron chi connectivity index (χ4n) is 1.60. The van der Waals surface area contributed by atoms with Crippen LogP contribution in [0.25, 0.3) is 0 Å². The van der Waals surface area contributed by atoms with Crippen LogP contribution in [0.1, 0.15) is 6.92 Å². The minimum Gasteiger partial charge on any atom is -0.549 e. The highest BCUT2D eigenvalue weighted by molar-refractivity contribution is 8.00. The monoisotopic (exact) mass is 284 g/mol. The molecule has 0 saturated carbocycles. The molecular formula is C13H18NO4S-. The third-order valence-electron chi connectivity index (χ3n) is 2.59. The normalized spacial score (nSPS) is 12.2. The Kier molecular flexibility index (Phi) is 6.69. The van der Waals surface area contributed by atoms with E-state index in [4.69, 9.17) is 10.2 Å². The largest absolute Gasteiger partial charge is 0.549 e. The number of anilines is 1. The van der Waals surface area contributed by atoms with Crippen molar-refractivity contribution in [2.45, 2.75) is 17.1 Å². The molecule has 106 valence electrons. The van der Waals surface area contributed by atoms with Crippen LogP contribution < -0.4 is 10.0 Å². The molecule has 0 aliphatic rings. The Morgan fingerprint density at radius 2 is 1.79 bits per heavy atom. The van der Waals surface area contributed by atoms with E-state index < -0.39 is 11.2 Å². The van der Waals surface area contributed by atoms with Gasteiger partial charge in [0.05, 0.1) is 19.2 Å². The highest BCUT2D eigenvalue weighted by Crippen LogP contribution is 2.25. The van der Waals surface area contributed by atoms with Crippen molar-refractivity contribution in [3.8, 4) is 0 Å². The standard InChI is InChI=1S/C13H19NO4S/c1-10(13(17)18)19-12-4-2-11(3-5-12)14(6-8-15)7-9-16/h2-5,10,15-16H,6-9H2,1H3,(H,17,18)/p-1. The Balaban J connectivity index is 2.71. The summed E-state index contributed by atoms with van der Waals surface area (Å²) in [6, 6.07) is 7.33. The van der Waals surface area contributed by atoms with E-state index in [1.165, 1.54) is 11.8 Å². The Labute approximate surface area is 116 Å². The first-order valence-electron chi connectivity index (χ1n) is 6.02. The van der Waals surface area contributed by atoms with Crippen molar-refractivity contribution >= 4 is 23.4 Å². The van der Waals surface area contributed by atoms with Gasteiger partial charge in [0.25, 0.3) is 0 Å². The van der Waals surface area contributed by atoms with E-state index >= 15 is 0 Å². The SMILES string of the molecule is CC(Sc1ccc(N(CCO)CCO)cc1)C(=O)[O-]. The van der Waals surface area contributed by atoms with Gasteiger partial charge in [-0.15, -0.1) is 11.8 Å². The maximum atomic E-state index is 10.7. The zero-order valence-corrected chi connectivity index (χ0v) is 11.6. The van der Waals surface area contributed by atoms with Crippen molar-refractivity contribution in [2.75, 3.05) is 31.2 Å². The van der Waals surface area contributed by atoms with Crippen molar-refractivity contribution in [3.05, 3.63) is 24.3 Å². The number of aliphatic hydroxyl groups excluding tert-OH is 2. The lowest BCUT2D eigenvalue weighted by molar-refractivity contribution is -0.304. The molecule has 0 amide bonds. The number of rotatable bonds is 8. The first kappa shape index (κ1) is 15.8. The van der Waals surface area contributed by atoms with Crippen LogP contribution in [0.4, 0.5) is 5.69 Å². The fourth-order valence-corrected chi connectivity index (χ4v) is 2.40. The van der Waals surface area contributed by atoms with Crippen molar-refractivity contribution in [1.82, 2.24) is 0 Å². The van der Waals surface area contributed by atoms with Gasteiger partial charge in [-0.3, -0.25) is 0 Å². The molecule has 0 fully saturated rings. The van der Waals surface area contributed by atoms with Gasteiger partial charge in [-0.05, 0) is 31.2 Å². The van der Waals surface area contributed by atoms with Gasteiger partial charge in [-0.25, -0.2) is 0 Å². The van der Waals surface area contributed by atoms with E-state index in [0.717, 1.165) is 10.6 Å². The van der Waals surface area contributed by atoms with E-state index in [-0.39, 0.29) is 13.2 Å². The molecule has 1 unspecified atom stereocenters. The van der Waals surface area contributed by atoms with Gasteiger partial charge in [0.1, 0.15) is 0 Å². The molecule has 0 heterocycles. The molecule has 1 rings (SSSR count). The molecule has 0 aliphatic carbocycles.